The topological polar surface area (TPSA) is 39.1 Å². The van der Waals surface area contributed by atoms with Gasteiger partial charge in [-0.2, -0.15) is 5.10 Å². The molecule has 0 aliphatic rings. The molecule has 0 aliphatic carbocycles. The van der Waals surface area contributed by atoms with Gasteiger partial charge >= 0.3 is 0 Å². The van der Waals surface area contributed by atoms with Crippen LogP contribution in [0, 0.1) is 6.92 Å². The number of hydrogen-bond donors (Lipinski definition) is 1. The second kappa shape index (κ2) is 8.54. The number of nitrogens with zero attached hydrogens (tertiary/aromatic N) is 2. The van der Waals surface area contributed by atoms with Gasteiger partial charge in [-0.3, -0.25) is 4.68 Å². The van der Waals surface area contributed by atoms with Crippen molar-refractivity contribution in [1.82, 2.24) is 15.1 Å². The molecular formula is C13H22ClF2N3O. The first-order valence-corrected chi connectivity index (χ1v) is 7.10. The minimum absolute atomic E-state index is 0.137. The molecule has 0 amide bonds. The normalized spacial score (nSPS) is 13.2. The second-order valence-electron chi connectivity index (χ2n) is 4.69. The highest BCUT2D eigenvalue weighted by atomic mass is 35.5. The van der Waals surface area contributed by atoms with E-state index >= 15 is 0 Å². The van der Waals surface area contributed by atoms with E-state index in [2.05, 4.69) is 10.4 Å². The first-order chi connectivity index (χ1) is 9.45. The van der Waals surface area contributed by atoms with E-state index in [1.807, 2.05) is 13.8 Å². The molecule has 20 heavy (non-hydrogen) atoms. The lowest BCUT2D eigenvalue weighted by Gasteiger charge is -2.18. The molecule has 0 bridgehead atoms. The largest absolute Gasteiger partial charge is 0.375 e. The summed E-state index contributed by atoms with van der Waals surface area (Å²) in [5.74, 6) is 0. The number of alkyl halides is 2. The Labute approximate surface area is 123 Å². The average molecular weight is 310 g/mol. The van der Waals surface area contributed by atoms with Crippen LogP contribution in [0.3, 0.4) is 0 Å². The summed E-state index contributed by atoms with van der Waals surface area (Å²) in [6, 6.07) is 0.137. The minimum Gasteiger partial charge on any atom is -0.375 e. The van der Waals surface area contributed by atoms with Gasteiger partial charge in [-0.25, -0.2) is 8.78 Å². The molecule has 116 valence electrons. The summed E-state index contributed by atoms with van der Waals surface area (Å²) < 4.78 is 30.6. The summed E-state index contributed by atoms with van der Waals surface area (Å²) in [5.41, 5.74) is 1.89. The fraction of sp³-hybridized carbons (Fsp3) is 0.769. The summed E-state index contributed by atoms with van der Waals surface area (Å²) in [6.45, 7) is 4.52. The Morgan fingerprint density at radius 3 is 2.65 bits per heavy atom. The molecule has 0 aliphatic heterocycles. The van der Waals surface area contributed by atoms with Crippen LogP contribution in [0.1, 0.15) is 24.6 Å². The molecule has 0 saturated heterocycles. The highest BCUT2D eigenvalue weighted by Crippen LogP contribution is 2.21. The maximum atomic E-state index is 12.0. The van der Waals surface area contributed by atoms with Crippen molar-refractivity contribution in [1.29, 1.82) is 0 Å². The molecule has 7 heteroatoms. The molecule has 0 fully saturated rings. The summed E-state index contributed by atoms with van der Waals surface area (Å²) in [7, 11) is 1.80. The molecule has 0 radical (unpaired) electrons. The van der Waals surface area contributed by atoms with Gasteiger partial charge < -0.3 is 10.1 Å². The number of aryl methyl sites for hydroxylation is 2. The summed E-state index contributed by atoms with van der Waals surface area (Å²) in [4.78, 5) is 0. The number of hydrogen-bond acceptors (Lipinski definition) is 3. The minimum atomic E-state index is -2.41. The van der Waals surface area contributed by atoms with Gasteiger partial charge in [0.25, 0.3) is 6.43 Å². The van der Waals surface area contributed by atoms with Crippen LogP contribution in [-0.4, -0.2) is 42.0 Å². The lowest BCUT2D eigenvalue weighted by atomic mass is 10.0. The standard InChI is InChI=1S/C13H22ClF2N3O/c1-4-17-10(5-6-20-8-12(15)16)7-11-9(2)18-19(3)13(11)14/h10,12,17H,4-8H2,1-3H3. The van der Waals surface area contributed by atoms with Gasteiger partial charge in [-0.05, 0) is 26.3 Å². The zero-order chi connectivity index (χ0) is 15.1. The van der Waals surface area contributed by atoms with Crippen LogP contribution in [0.2, 0.25) is 5.15 Å². The van der Waals surface area contributed by atoms with Crippen LogP contribution in [0.15, 0.2) is 0 Å². The van der Waals surface area contributed by atoms with E-state index in [1.54, 1.807) is 11.7 Å². The van der Waals surface area contributed by atoms with Crippen molar-refractivity contribution >= 4 is 11.6 Å². The summed E-state index contributed by atoms with van der Waals surface area (Å²) >= 11 is 6.20. The van der Waals surface area contributed by atoms with E-state index in [0.717, 1.165) is 17.8 Å². The summed E-state index contributed by atoms with van der Waals surface area (Å²) in [5, 5.41) is 8.21. The Hall–Kier alpha value is -0.720. The van der Waals surface area contributed by atoms with Gasteiger partial charge in [0.2, 0.25) is 0 Å². The number of rotatable bonds is 9. The molecule has 0 aromatic carbocycles. The molecule has 1 aromatic rings. The maximum absolute atomic E-state index is 12.0. The van der Waals surface area contributed by atoms with Crippen molar-refractivity contribution in [3.63, 3.8) is 0 Å². The van der Waals surface area contributed by atoms with E-state index in [1.165, 1.54) is 0 Å². The molecule has 1 aromatic heterocycles. The van der Waals surface area contributed by atoms with Crippen molar-refractivity contribution in [2.45, 2.75) is 39.2 Å². The van der Waals surface area contributed by atoms with Crippen molar-refractivity contribution in [3.8, 4) is 0 Å². The molecule has 1 N–H and O–H groups in total. The molecule has 1 atom stereocenters. The van der Waals surface area contributed by atoms with E-state index in [-0.39, 0.29) is 6.04 Å². The number of halogens is 3. The van der Waals surface area contributed by atoms with Gasteiger partial charge in [-0.1, -0.05) is 18.5 Å². The van der Waals surface area contributed by atoms with Crippen LogP contribution in [0.4, 0.5) is 8.78 Å². The van der Waals surface area contributed by atoms with Crippen LogP contribution in [0.25, 0.3) is 0 Å². The molecule has 1 unspecified atom stereocenters. The quantitative estimate of drug-likeness (QED) is 0.713. The first kappa shape index (κ1) is 17.3. The monoisotopic (exact) mass is 309 g/mol. The molecule has 4 nitrogen and oxygen atoms in total. The molecule has 1 heterocycles. The van der Waals surface area contributed by atoms with Crippen molar-refractivity contribution in [2.24, 2.45) is 7.05 Å². The Balaban J connectivity index is 2.53. The van der Waals surface area contributed by atoms with Gasteiger partial charge in [0.05, 0.1) is 5.69 Å². The number of ether oxygens (including phenoxy) is 1. The molecular weight excluding hydrogens is 288 g/mol. The lowest BCUT2D eigenvalue weighted by Crippen LogP contribution is -2.32. The Morgan fingerprint density at radius 2 is 2.15 bits per heavy atom. The average Bonchev–Trinajstić information content (AvgIpc) is 2.61. The highest BCUT2D eigenvalue weighted by molar-refractivity contribution is 6.30. The second-order valence-corrected chi connectivity index (χ2v) is 5.05. The Bertz CT molecular complexity index is 413. The fourth-order valence-corrected chi connectivity index (χ4v) is 2.37. The number of likely N-dealkylation sites (N-methyl/N-ethyl adjacent to an activating group) is 1. The van der Waals surface area contributed by atoms with Crippen LogP contribution in [-0.2, 0) is 18.2 Å². The van der Waals surface area contributed by atoms with Crippen LogP contribution >= 0.6 is 11.6 Å². The zero-order valence-electron chi connectivity index (χ0n) is 12.1. The van der Waals surface area contributed by atoms with E-state index in [9.17, 15) is 8.78 Å². The van der Waals surface area contributed by atoms with Crippen molar-refractivity contribution < 1.29 is 13.5 Å². The number of nitrogens with one attached hydrogen (secondary N) is 1. The van der Waals surface area contributed by atoms with Crippen molar-refractivity contribution in [3.05, 3.63) is 16.4 Å². The fourth-order valence-electron chi connectivity index (χ4n) is 2.12. The van der Waals surface area contributed by atoms with E-state index < -0.39 is 13.0 Å². The number of aromatic nitrogens is 2. The third kappa shape index (κ3) is 5.34. The molecule has 0 spiro atoms. The highest BCUT2D eigenvalue weighted by Gasteiger charge is 2.16. The molecule has 0 saturated carbocycles. The first-order valence-electron chi connectivity index (χ1n) is 6.72. The maximum Gasteiger partial charge on any atom is 0.261 e. The smallest absolute Gasteiger partial charge is 0.261 e. The predicted molar refractivity (Wildman–Crippen MR) is 75.6 cm³/mol. The third-order valence-electron chi connectivity index (χ3n) is 3.07. The zero-order valence-corrected chi connectivity index (χ0v) is 12.9. The van der Waals surface area contributed by atoms with E-state index in [4.69, 9.17) is 16.3 Å². The van der Waals surface area contributed by atoms with Gasteiger partial charge in [-0.15, -0.1) is 0 Å². The third-order valence-corrected chi connectivity index (χ3v) is 3.54. The van der Waals surface area contributed by atoms with Gasteiger partial charge in [0, 0.05) is 25.3 Å². The Morgan fingerprint density at radius 1 is 1.45 bits per heavy atom. The lowest BCUT2D eigenvalue weighted by molar-refractivity contribution is 0.0144. The van der Waals surface area contributed by atoms with Crippen molar-refractivity contribution in [2.75, 3.05) is 19.8 Å². The SMILES string of the molecule is CCNC(CCOCC(F)F)Cc1c(C)nn(C)c1Cl. The van der Waals surface area contributed by atoms with E-state index in [0.29, 0.717) is 24.6 Å². The van der Waals surface area contributed by atoms with Gasteiger partial charge in [0.15, 0.2) is 0 Å². The summed E-state index contributed by atoms with van der Waals surface area (Å²) in [6.07, 6.45) is -1.04. The van der Waals surface area contributed by atoms with Crippen LogP contribution in [0.5, 0.6) is 0 Å². The molecule has 1 rings (SSSR count). The van der Waals surface area contributed by atoms with Crippen LogP contribution < -0.4 is 5.32 Å². The Kier molecular flexibility index (Phi) is 7.40. The predicted octanol–water partition coefficient (Wildman–Crippen LogP) is 2.57. The van der Waals surface area contributed by atoms with Gasteiger partial charge in [0.1, 0.15) is 11.8 Å².